The summed E-state index contributed by atoms with van der Waals surface area (Å²) in [5.74, 6) is 0. The summed E-state index contributed by atoms with van der Waals surface area (Å²) in [6.07, 6.45) is 1.53. The second kappa shape index (κ2) is 4.57. The predicted octanol–water partition coefficient (Wildman–Crippen LogP) is 4.07. The lowest BCUT2D eigenvalue weighted by Crippen LogP contribution is -2.19. The molecule has 2 nitrogen and oxygen atoms in total. The summed E-state index contributed by atoms with van der Waals surface area (Å²) >= 11 is 6.52. The molecule has 0 saturated heterocycles. The average molecular weight is 297 g/mol. The first-order chi connectivity index (χ1) is 10.2. The highest BCUT2D eigenvalue weighted by molar-refractivity contribution is 6.37. The van der Waals surface area contributed by atoms with Gasteiger partial charge in [-0.05, 0) is 27.8 Å². The molecule has 0 fully saturated rings. The van der Waals surface area contributed by atoms with Crippen LogP contribution in [-0.2, 0) is 0 Å². The van der Waals surface area contributed by atoms with Gasteiger partial charge in [0.1, 0.15) is 12.2 Å². The Labute approximate surface area is 126 Å². The van der Waals surface area contributed by atoms with E-state index in [9.17, 15) is 10.2 Å². The van der Waals surface area contributed by atoms with Crippen LogP contribution in [0.15, 0.2) is 48.5 Å². The van der Waals surface area contributed by atoms with Crippen LogP contribution in [-0.4, -0.2) is 16.3 Å². The van der Waals surface area contributed by atoms with Gasteiger partial charge in [-0.1, -0.05) is 60.2 Å². The molecule has 0 bridgehead atoms. The lowest BCUT2D eigenvalue weighted by Gasteiger charge is -2.24. The number of rotatable bonds is 0. The minimum atomic E-state index is -0.978. The molecule has 0 heterocycles. The van der Waals surface area contributed by atoms with Crippen LogP contribution >= 0.6 is 11.6 Å². The Balaban J connectivity index is 2.16. The number of hydrogen-bond donors (Lipinski definition) is 2. The SMILES string of the molecule is OC1C=Cc2cc3c(ccc4ccccc43)c(Cl)c2C1O. The van der Waals surface area contributed by atoms with Crippen molar-refractivity contribution in [2.24, 2.45) is 0 Å². The molecule has 1 aliphatic carbocycles. The minimum absolute atomic E-state index is 0.518. The van der Waals surface area contributed by atoms with Crippen LogP contribution in [0.2, 0.25) is 5.02 Å². The van der Waals surface area contributed by atoms with Gasteiger partial charge in [0.25, 0.3) is 0 Å². The van der Waals surface area contributed by atoms with Crippen molar-refractivity contribution >= 4 is 39.2 Å². The van der Waals surface area contributed by atoms with Gasteiger partial charge in [0, 0.05) is 10.9 Å². The first-order valence-corrected chi connectivity index (χ1v) is 7.23. The Hall–Kier alpha value is -1.87. The molecule has 0 aromatic heterocycles. The van der Waals surface area contributed by atoms with Crippen molar-refractivity contribution < 1.29 is 10.2 Å². The van der Waals surface area contributed by atoms with Gasteiger partial charge in [0.2, 0.25) is 0 Å². The topological polar surface area (TPSA) is 40.5 Å². The van der Waals surface area contributed by atoms with E-state index in [1.807, 2.05) is 36.4 Å². The van der Waals surface area contributed by atoms with E-state index in [2.05, 4.69) is 12.1 Å². The van der Waals surface area contributed by atoms with Crippen LogP contribution in [0.25, 0.3) is 27.6 Å². The van der Waals surface area contributed by atoms with Gasteiger partial charge >= 0.3 is 0 Å². The Bertz CT molecular complexity index is 898. The van der Waals surface area contributed by atoms with Gasteiger partial charge in [-0.25, -0.2) is 0 Å². The van der Waals surface area contributed by atoms with Crippen molar-refractivity contribution in [3.8, 4) is 0 Å². The third-order valence-corrected chi connectivity index (χ3v) is 4.55. The third kappa shape index (κ3) is 1.80. The summed E-state index contributed by atoms with van der Waals surface area (Å²) in [6.45, 7) is 0. The Morgan fingerprint density at radius 1 is 0.905 bits per heavy atom. The van der Waals surface area contributed by atoms with E-state index in [0.717, 1.165) is 27.1 Å². The van der Waals surface area contributed by atoms with Gasteiger partial charge < -0.3 is 10.2 Å². The van der Waals surface area contributed by atoms with Gasteiger partial charge in [0.15, 0.2) is 0 Å². The van der Waals surface area contributed by atoms with Crippen molar-refractivity contribution in [3.05, 3.63) is 64.7 Å². The van der Waals surface area contributed by atoms with Gasteiger partial charge in [-0.15, -0.1) is 0 Å². The Morgan fingerprint density at radius 3 is 2.57 bits per heavy atom. The summed E-state index contributed by atoms with van der Waals surface area (Å²) < 4.78 is 0. The highest BCUT2D eigenvalue weighted by Gasteiger charge is 2.26. The largest absolute Gasteiger partial charge is 0.386 e. The fraction of sp³-hybridized carbons (Fsp3) is 0.111. The number of hydrogen-bond acceptors (Lipinski definition) is 2. The number of fused-ring (bicyclic) bond motifs is 4. The molecule has 21 heavy (non-hydrogen) atoms. The van der Waals surface area contributed by atoms with Crippen molar-refractivity contribution in [3.63, 3.8) is 0 Å². The summed E-state index contributed by atoms with van der Waals surface area (Å²) in [5.41, 5.74) is 1.47. The van der Waals surface area contributed by atoms with Crippen LogP contribution in [0.4, 0.5) is 0 Å². The molecular formula is C18H13ClO2. The molecule has 3 heteroatoms. The molecule has 0 spiro atoms. The first-order valence-electron chi connectivity index (χ1n) is 6.85. The van der Waals surface area contributed by atoms with Crippen LogP contribution in [0.1, 0.15) is 17.2 Å². The number of aliphatic hydroxyl groups is 2. The lowest BCUT2D eigenvalue weighted by atomic mass is 9.89. The summed E-state index contributed by atoms with van der Waals surface area (Å²) in [4.78, 5) is 0. The average Bonchev–Trinajstić information content (AvgIpc) is 2.51. The maximum absolute atomic E-state index is 10.2. The van der Waals surface area contributed by atoms with E-state index in [0.29, 0.717) is 10.6 Å². The van der Waals surface area contributed by atoms with E-state index in [1.54, 1.807) is 6.08 Å². The van der Waals surface area contributed by atoms with Gasteiger partial charge in [-0.3, -0.25) is 0 Å². The number of benzene rings is 3. The summed E-state index contributed by atoms with van der Waals surface area (Å²) in [6, 6.07) is 14.2. The molecule has 2 unspecified atom stereocenters. The molecule has 0 amide bonds. The van der Waals surface area contributed by atoms with Crippen LogP contribution in [0, 0.1) is 0 Å². The highest BCUT2D eigenvalue weighted by atomic mass is 35.5. The fourth-order valence-corrected chi connectivity index (χ4v) is 3.45. The van der Waals surface area contributed by atoms with E-state index in [-0.39, 0.29) is 0 Å². The predicted molar refractivity (Wildman–Crippen MR) is 86.5 cm³/mol. The number of aliphatic hydroxyl groups excluding tert-OH is 2. The maximum atomic E-state index is 10.2. The highest BCUT2D eigenvalue weighted by Crippen LogP contribution is 2.40. The second-order valence-corrected chi connectivity index (χ2v) is 5.75. The zero-order valence-corrected chi connectivity index (χ0v) is 11.9. The van der Waals surface area contributed by atoms with E-state index in [1.165, 1.54) is 0 Å². The third-order valence-electron chi connectivity index (χ3n) is 4.15. The molecule has 1 aliphatic rings. The van der Waals surface area contributed by atoms with E-state index < -0.39 is 12.2 Å². The molecule has 104 valence electrons. The standard InChI is InChI=1S/C18H13ClO2/c19-17-13-7-5-10-3-1-2-4-12(10)14(13)9-11-6-8-15(20)18(21)16(11)17/h1-9,15,18,20-21H. The lowest BCUT2D eigenvalue weighted by molar-refractivity contribution is 0.0472. The molecule has 0 saturated carbocycles. The smallest absolute Gasteiger partial charge is 0.110 e. The van der Waals surface area contributed by atoms with Crippen molar-refractivity contribution in [1.29, 1.82) is 0 Å². The zero-order chi connectivity index (χ0) is 14.6. The normalized spacial score (nSPS) is 20.9. The van der Waals surface area contributed by atoms with Gasteiger partial charge in [-0.2, -0.15) is 0 Å². The molecule has 3 aromatic carbocycles. The molecule has 0 aliphatic heterocycles. The van der Waals surface area contributed by atoms with Crippen molar-refractivity contribution in [2.45, 2.75) is 12.2 Å². The van der Waals surface area contributed by atoms with Crippen LogP contribution < -0.4 is 0 Å². The van der Waals surface area contributed by atoms with Gasteiger partial charge in [0.05, 0.1) is 5.02 Å². The zero-order valence-electron chi connectivity index (χ0n) is 11.1. The van der Waals surface area contributed by atoms with Crippen molar-refractivity contribution in [2.75, 3.05) is 0 Å². The van der Waals surface area contributed by atoms with Crippen LogP contribution in [0.5, 0.6) is 0 Å². The molecular weight excluding hydrogens is 284 g/mol. The molecule has 3 aromatic rings. The second-order valence-electron chi connectivity index (χ2n) is 5.37. The maximum Gasteiger partial charge on any atom is 0.110 e. The monoisotopic (exact) mass is 296 g/mol. The van der Waals surface area contributed by atoms with E-state index in [4.69, 9.17) is 11.6 Å². The Morgan fingerprint density at radius 2 is 1.71 bits per heavy atom. The van der Waals surface area contributed by atoms with E-state index >= 15 is 0 Å². The number of halogens is 1. The first kappa shape index (κ1) is 12.8. The summed E-state index contributed by atoms with van der Waals surface area (Å²) in [7, 11) is 0. The molecule has 4 rings (SSSR count). The Kier molecular flexibility index (Phi) is 2.79. The molecule has 2 atom stereocenters. The van der Waals surface area contributed by atoms with Crippen LogP contribution in [0.3, 0.4) is 0 Å². The molecule has 0 radical (unpaired) electrons. The molecule has 2 N–H and O–H groups in total. The minimum Gasteiger partial charge on any atom is -0.386 e. The van der Waals surface area contributed by atoms with Crippen molar-refractivity contribution in [1.82, 2.24) is 0 Å². The quantitative estimate of drug-likeness (QED) is 0.614. The summed E-state index contributed by atoms with van der Waals surface area (Å²) in [5, 5.41) is 24.8. The fourth-order valence-electron chi connectivity index (χ4n) is 3.06.